The lowest BCUT2D eigenvalue weighted by Gasteiger charge is -2.33. The second kappa shape index (κ2) is 6.94. The summed E-state index contributed by atoms with van der Waals surface area (Å²) in [7, 11) is 0. The molecule has 0 spiro atoms. The minimum absolute atomic E-state index is 0.0917. The predicted octanol–water partition coefficient (Wildman–Crippen LogP) is 1.29. The van der Waals surface area contributed by atoms with Crippen LogP contribution in [0.2, 0.25) is 0 Å². The summed E-state index contributed by atoms with van der Waals surface area (Å²) in [6, 6.07) is 8.85. The molecule has 1 aliphatic heterocycles. The molecule has 1 aliphatic rings. The first-order valence-electron chi connectivity index (χ1n) is 8.29. The van der Waals surface area contributed by atoms with Gasteiger partial charge in [0.25, 0.3) is 5.91 Å². The van der Waals surface area contributed by atoms with E-state index in [2.05, 4.69) is 15.1 Å². The van der Waals surface area contributed by atoms with E-state index in [1.54, 1.807) is 41.3 Å². The second-order valence-corrected chi connectivity index (χ2v) is 5.97. The van der Waals surface area contributed by atoms with E-state index in [0.717, 1.165) is 18.1 Å². The van der Waals surface area contributed by atoms with Gasteiger partial charge in [-0.2, -0.15) is 5.10 Å². The van der Waals surface area contributed by atoms with Gasteiger partial charge in [-0.15, -0.1) is 0 Å². The maximum Gasteiger partial charge on any atom is 0.254 e. The first-order valence-corrected chi connectivity index (χ1v) is 8.29. The Morgan fingerprint density at radius 1 is 1.11 bits per heavy atom. The van der Waals surface area contributed by atoms with Gasteiger partial charge in [0.05, 0.1) is 18.1 Å². The van der Waals surface area contributed by atoms with Crippen molar-refractivity contribution >= 4 is 17.8 Å². The maximum atomic E-state index is 13.0. The highest BCUT2D eigenvalue weighted by Gasteiger charge is 2.30. The lowest BCUT2D eigenvalue weighted by atomic mass is 10.1. The Labute approximate surface area is 153 Å². The molecule has 2 aromatic heterocycles. The number of carbonyl (C=O) groups excluding carboxylic acids is 2. The van der Waals surface area contributed by atoms with Crippen molar-refractivity contribution in [2.24, 2.45) is 0 Å². The Bertz CT molecular complexity index is 974. The van der Waals surface area contributed by atoms with Crippen LogP contribution in [-0.2, 0) is 4.79 Å². The molecule has 0 unspecified atom stereocenters. The molecular weight excluding hydrogens is 351 g/mol. The summed E-state index contributed by atoms with van der Waals surface area (Å²) in [6.07, 6.45) is 5.46. The zero-order valence-electron chi connectivity index (χ0n) is 14.2. The molecule has 3 heterocycles. The van der Waals surface area contributed by atoms with Crippen LogP contribution in [0.1, 0.15) is 10.4 Å². The van der Waals surface area contributed by atoms with Gasteiger partial charge in [0.1, 0.15) is 6.54 Å². The minimum Gasteiger partial charge on any atom is -0.328 e. The highest BCUT2D eigenvalue weighted by Crippen LogP contribution is 2.16. The number of benzene rings is 1. The second-order valence-electron chi connectivity index (χ2n) is 5.97. The molecule has 1 fully saturated rings. The maximum absolute atomic E-state index is 13.0. The summed E-state index contributed by atoms with van der Waals surface area (Å²) in [4.78, 5) is 35.7. The predicted molar refractivity (Wildman–Crippen MR) is 93.8 cm³/mol. The van der Waals surface area contributed by atoms with E-state index in [1.807, 2.05) is 6.07 Å². The number of anilines is 1. The summed E-state index contributed by atoms with van der Waals surface area (Å²) >= 11 is 0. The normalized spacial score (nSPS) is 14.5. The number of piperazine rings is 1. The number of hydrogen-bond acceptors (Lipinski definition) is 5. The molecule has 27 heavy (non-hydrogen) atoms. The number of hydrogen-bond donors (Lipinski definition) is 0. The minimum atomic E-state index is -0.572. The van der Waals surface area contributed by atoms with E-state index in [9.17, 15) is 14.0 Å². The molecule has 4 rings (SSSR count). The Morgan fingerprint density at radius 2 is 1.93 bits per heavy atom. The molecule has 0 N–H and O–H groups in total. The lowest BCUT2D eigenvalue weighted by Crippen LogP contribution is -2.52. The van der Waals surface area contributed by atoms with Crippen molar-refractivity contribution in [1.82, 2.24) is 24.6 Å². The molecule has 0 radical (unpaired) electrons. The average Bonchev–Trinajstić information content (AvgIpc) is 3.23. The van der Waals surface area contributed by atoms with Gasteiger partial charge >= 0.3 is 0 Å². The summed E-state index contributed by atoms with van der Waals surface area (Å²) in [6.45, 7) is 0.484. The third-order valence-corrected chi connectivity index (χ3v) is 4.22. The number of nitrogens with zero attached hydrogens (tertiary/aromatic N) is 6. The van der Waals surface area contributed by atoms with Crippen LogP contribution in [0.25, 0.3) is 5.69 Å². The van der Waals surface area contributed by atoms with Crippen molar-refractivity contribution < 1.29 is 14.0 Å². The molecule has 0 bridgehead atoms. The Hall–Kier alpha value is -3.62. The highest BCUT2D eigenvalue weighted by molar-refractivity contribution is 6.01. The largest absolute Gasteiger partial charge is 0.328 e. The standard InChI is InChI=1S/C18H15FN6O2/c19-14-10-20-18(21-11-14)24-8-7-23(12-16(24)26)17(27)13-3-1-4-15(9-13)25-6-2-5-22-25/h1-6,9-11H,7-8,12H2. The SMILES string of the molecule is O=C(c1cccc(-n2cccn2)c1)N1CCN(c2ncc(F)cn2)C(=O)C1. The van der Waals surface area contributed by atoms with Gasteiger partial charge in [-0.05, 0) is 24.3 Å². The van der Waals surface area contributed by atoms with Crippen LogP contribution in [0.4, 0.5) is 10.3 Å². The Morgan fingerprint density at radius 3 is 2.63 bits per heavy atom. The van der Waals surface area contributed by atoms with Gasteiger partial charge in [0.15, 0.2) is 5.82 Å². The molecule has 1 saturated heterocycles. The number of rotatable bonds is 3. The van der Waals surface area contributed by atoms with E-state index in [1.165, 1.54) is 9.80 Å². The van der Waals surface area contributed by atoms with E-state index < -0.39 is 5.82 Å². The molecule has 136 valence electrons. The summed E-state index contributed by atoms with van der Waals surface area (Å²) < 4.78 is 14.6. The van der Waals surface area contributed by atoms with Gasteiger partial charge in [-0.25, -0.2) is 19.0 Å². The van der Waals surface area contributed by atoms with Crippen LogP contribution in [0.15, 0.2) is 55.1 Å². The van der Waals surface area contributed by atoms with E-state index in [-0.39, 0.29) is 30.9 Å². The fourth-order valence-corrected chi connectivity index (χ4v) is 2.89. The van der Waals surface area contributed by atoms with Crippen LogP contribution in [0.3, 0.4) is 0 Å². The van der Waals surface area contributed by atoms with Crippen LogP contribution in [0.5, 0.6) is 0 Å². The number of amides is 2. The average molecular weight is 366 g/mol. The van der Waals surface area contributed by atoms with Gasteiger partial charge in [-0.3, -0.25) is 14.5 Å². The highest BCUT2D eigenvalue weighted by atomic mass is 19.1. The first-order chi connectivity index (χ1) is 13.1. The van der Waals surface area contributed by atoms with E-state index >= 15 is 0 Å². The van der Waals surface area contributed by atoms with Crippen LogP contribution >= 0.6 is 0 Å². The lowest BCUT2D eigenvalue weighted by molar-refractivity contribution is -0.120. The molecule has 0 saturated carbocycles. The fraction of sp³-hybridized carbons (Fsp3) is 0.167. The number of aromatic nitrogens is 4. The van der Waals surface area contributed by atoms with Crippen LogP contribution in [0, 0.1) is 5.82 Å². The summed E-state index contributed by atoms with van der Waals surface area (Å²) in [5.74, 6) is -0.993. The van der Waals surface area contributed by atoms with Gasteiger partial charge < -0.3 is 4.90 Å². The topological polar surface area (TPSA) is 84.2 Å². The van der Waals surface area contributed by atoms with Crippen molar-refractivity contribution in [3.8, 4) is 5.69 Å². The molecule has 9 heteroatoms. The molecular formula is C18H15FN6O2. The number of halogens is 1. The summed E-state index contributed by atoms with van der Waals surface area (Å²) in [5, 5.41) is 4.15. The van der Waals surface area contributed by atoms with Gasteiger partial charge in [0.2, 0.25) is 11.9 Å². The van der Waals surface area contributed by atoms with Crippen LogP contribution in [-0.4, -0.2) is 56.1 Å². The van der Waals surface area contributed by atoms with Crippen molar-refractivity contribution in [3.05, 3.63) is 66.5 Å². The van der Waals surface area contributed by atoms with Gasteiger partial charge in [-0.1, -0.05) is 6.07 Å². The molecule has 1 aromatic carbocycles. The zero-order chi connectivity index (χ0) is 18.8. The smallest absolute Gasteiger partial charge is 0.254 e. The monoisotopic (exact) mass is 366 g/mol. The molecule has 0 atom stereocenters. The van der Waals surface area contributed by atoms with Crippen molar-refractivity contribution in [2.75, 3.05) is 24.5 Å². The molecule has 2 amide bonds. The Balaban J connectivity index is 1.49. The Kier molecular flexibility index (Phi) is 4.33. The first kappa shape index (κ1) is 16.8. The molecule has 8 nitrogen and oxygen atoms in total. The third-order valence-electron chi connectivity index (χ3n) is 4.22. The molecule has 3 aromatic rings. The van der Waals surface area contributed by atoms with Gasteiger partial charge in [0, 0.05) is 31.0 Å². The van der Waals surface area contributed by atoms with Crippen molar-refractivity contribution in [3.63, 3.8) is 0 Å². The quantitative estimate of drug-likeness (QED) is 0.697. The van der Waals surface area contributed by atoms with Crippen LogP contribution < -0.4 is 4.90 Å². The molecule has 0 aliphatic carbocycles. The zero-order valence-corrected chi connectivity index (χ0v) is 14.2. The fourth-order valence-electron chi connectivity index (χ4n) is 2.89. The van der Waals surface area contributed by atoms with E-state index in [0.29, 0.717) is 12.1 Å². The number of carbonyl (C=O) groups is 2. The third kappa shape index (κ3) is 3.39. The van der Waals surface area contributed by atoms with Crippen molar-refractivity contribution in [1.29, 1.82) is 0 Å². The van der Waals surface area contributed by atoms with Crippen molar-refractivity contribution in [2.45, 2.75) is 0 Å². The summed E-state index contributed by atoms with van der Waals surface area (Å²) in [5.41, 5.74) is 1.23. The van der Waals surface area contributed by atoms with E-state index in [4.69, 9.17) is 0 Å².